The van der Waals surface area contributed by atoms with E-state index >= 15 is 0 Å². The van der Waals surface area contributed by atoms with Gasteiger partial charge < -0.3 is 5.11 Å². The molecule has 15 heavy (non-hydrogen) atoms. The van der Waals surface area contributed by atoms with E-state index in [1.807, 2.05) is 37.3 Å². The molecule has 0 unspecified atom stereocenters. The first-order valence-corrected chi connectivity index (χ1v) is 5.50. The molecule has 0 bridgehead atoms. The molecule has 0 atom stereocenters. The second kappa shape index (κ2) is 5.70. The molecule has 1 aromatic carbocycles. The summed E-state index contributed by atoms with van der Waals surface area (Å²) in [6, 6.07) is 8.03. The Bertz CT molecular complexity index is 402. The van der Waals surface area contributed by atoms with E-state index in [9.17, 15) is 4.79 Å². The number of hydrogen-bond donors (Lipinski definition) is 1. The monoisotopic (exact) mass is 314 g/mol. The van der Waals surface area contributed by atoms with Gasteiger partial charge in [0.2, 0.25) is 0 Å². The van der Waals surface area contributed by atoms with E-state index in [-0.39, 0.29) is 0 Å². The molecular formula is C12H11IO2. The van der Waals surface area contributed by atoms with Crippen molar-refractivity contribution in [2.45, 2.75) is 6.92 Å². The highest BCUT2D eigenvalue weighted by molar-refractivity contribution is 14.1. The molecule has 1 rings (SSSR count). The lowest BCUT2D eigenvalue weighted by Gasteiger charge is -1.95. The molecule has 0 radical (unpaired) electrons. The van der Waals surface area contributed by atoms with E-state index in [1.165, 1.54) is 3.57 Å². The number of benzene rings is 1. The number of allylic oxidation sites excluding steroid dienone is 2. The van der Waals surface area contributed by atoms with E-state index in [0.29, 0.717) is 0 Å². The summed E-state index contributed by atoms with van der Waals surface area (Å²) >= 11 is 2.24. The Morgan fingerprint density at radius 3 is 2.40 bits per heavy atom. The summed E-state index contributed by atoms with van der Waals surface area (Å²) in [7, 11) is 0. The van der Waals surface area contributed by atoms with Crippen LogP contribution in [0.5, 0.6) is 0 Å². The third-order valence-corrected chi connectivity index (χ3v) is 2.47. The number of rotatable bonds is 3. The highest BCUT2D eigenvalue weighted by atomic mass is 127. The lowest BCUT2D eigenvalue weighted by molar-refractivity contribution is -0.131. The highest BCUT2D eigenvalue weighted by Crippen LogP contribution is 2.10. The van der Waals surface area contributed by atoms with Crippen molar-refractivity contribution >= 4 is 34.6 Å². The van der Waals surface area contributed by atoms with Crippen LogP contribution < -0.4 is 0 Å². The summed E-state index contributed by atoms with van der Waals surface area (Å²) in [6.45, 7) is 1.87. The van der Waals surface area contributed by atoms with Crippen molar-refractivity contribution in [2.24, 2.45) is 0 Å². The predicted octanol–water partition coefficient (Wildman–Crippen LogP) is 3.34. The molecule has 0 saturated heterocycles. The standard InChI is InChI=1S/C12H11IO2/c1-9(2-7-12(14)15)8-10-3-5-11(13)6-4-10/h2-8H,1H3,(H,14,15)/b7-2+,9-8+. The van der Waals surface area contributed by atoms with E-state index in [1.54, 1.807) is 6.08 Å². The van der Waals surface area contributed by atoms with Gasteiger partial charge in [0.05, 0.1) is 0 Å². The minimum absolute atomic E-state index is 0.915. The van der Waals surface area contributed by atoms with E-state index in [2.05, 4.69) is 22.6 Å². The first-order chi connectivity index (χ1) is 7.08. The van der Waals surface area contributed by atoms with Gasteiger partial charge in [0.15, 0.2) is 0 Å². The van der Waals surface area contributed by atoms with Crippen LogP contribution in [-0.4, -0.2) is 11.1 Å². The van der Waals surface area contributed by atoms with Gasteiger partial charge in [-0.05, 0) is 47.2 Å². The number of halogens is 1. The molecule has 0 aromatic heterocycles. The summed E-state index contributed by atoms with van der Waals surface area (Å²) in [5.74, 6) is -0.926. The first-order valence-electron chi connectivity index (χ1n) is 4.43. The molecule has 0 saturated carbocycles. The van der Waals surface area contributed by atoms with Crippen LogP contribution in [0.1, 0.15) is 12.5 Å². The van der Waals surface area contributed by atoms with Crippen LogP contribution in [0, 0.1) is 3.57 Å². The fourth-order valence-corrected chi connectivity index (χ4v) is 1.43. The molecule has 1 aromatic rings. The number of aliphatic carboxylic acids is 1. The topological polar surface area (TPSA) is 37.3 Å². The Kier molecular flexibility index (Phi) is 4.55. The Hall–Kier alpha value is -1.10. The maximum Gasteiger partial charge on any atom is 0.328 e. The van der Waals surface area contributed by atoms with E-state index in [4.69, 9.17) is 5.11 Å². The zero-order chi connectivity index (χ0) is 11.3. The SMILES string of the molecule is CC(/C=C/C(=O)O)=C\c1ccc(I)cc1. The molecule has 0 spiro atoms. The molecule has 0 heterocycles. The van der Waals surface area contributed by atoms with Crippen molar-refractivity contribution in [3.05, 3.63) is 51.1 Å². The van der Waals surface area contributed by atoms with Gasteiger partial charge in [-0.15, -0.1) is 0 Å². The van der Waals surface area contributed by atoms with Crippen molar-refractivity contribution in [3.63, 3.8) is 0 Å². The first kappa shape index (κ1) is 12.0. The molecule has 78 valence electrons. The van der Waals surface area contributed by atoms with Crippen LogP contribution in [0.15, 0.2) is 42.0 Å². The lowest BCUT2D eigenvalue weighted by atomic mass is 10.1. The number of carbonyl (C=O) groups is 1. The number of carboxylic acids is 1. The largest absolute Gasteiger partial charge is 0.478 e. The van der Waals surface area contributed by atoms with Gasteiger partial charge in [-0.25, -0.2) is 4.79 Å². The summed E-state index contributed by atoms with van der Waals surface area (Å²) in [5, 5.41) is 8.45. The molecule has 0 fully saturated rings. The zero-order valence-electron chi connectivity index (χ0n) is 8.27. The Labute approximate surface area is 102 Å². The molecule has 1 N–H and O–H groups in total. The fraction of sp³-hybridized carbons (Fsp3) is 0.0833. The predicted molar refractivity (Wildman–Crippen MR) is 69.6 cm³/mol. The summed E-state index contributed by atoms with van der Waals surface area (Å²) in [4.78, 5) is 10.3. The van der Waals surface area contributed by atoms with Gasteiger partial charge in [0.1, 0.15) is 0 Å². The van der Waals surface area contributed by atoms with Gasteiger partial charge in [-0.2, -0.15) is 0 Å². The van der Waals surface area contributed by atoms with Gasteiger partial charge in [0.25, 0.3) is 0 Å². The van der Waals surface area contributed by atoms with Crippen molar-refractivity contribution in [2.75, 3.05) is 0 Å². The quantitative estimate of drug-likeness (QED) is 0.528. The van der Waals surface area contributed by atoms with Gasteiger partial charge in [-0.1, -0.05) is 29.9 Å². The molecular weight excluding hydrogens is 303 g/mol. The fourth-order valence-electron chi connectivity index (χ4n) is 1.07. The van der Waals surface area contributed by atoms with Crippen LogP contribution in [-0.2, 0) is 4.79 Å². The van der Waals surface area contributed by atoms with Crippen molar-refractivity contribution in [1.82, 2.24) is 0 Å². The number of hydrogen-bond acceptors (Lipinski definition) is 1. The smallest absolute Gasteiger partial charge is 0.328 e. The molecule has 3 heteroatoms. The molecule has 2 nitrogen and oxygen atoms in total. The van der Waals surface area contributed by atoms with Gasteiger partial charge in [0, 0.05) is 9.65 Å². The minimum atomic E-state index is -0.926. The van der Waals surface area contributed by atoms with Crippen molar-refractivity contribution < 1.29 is 9.90 Å². The maximum absolute atomic E-state index is 10.3. The van der Waals surface area contributed by atoms with E-state index in [0.717, 1.165) is 17.2 Å². The summed E-state index contributed by atoms with van der Waals surface area (Å²) in [6.07, 6.45) is 4.66. The van der Waals surface area contributed by atoms with Crippen molar-refractivity contribution in [1.29, 1.82) is 0 Å². The van der Waals surface area contributed by atoms with Crippen molar-refractivity contribution in [3.8, 4) is 0 Å². The molecule has 0 amide bonds. The van der Waals surface area contributed by atoms with Gasteiger partial charge in [-0.3, -0.25) is 0 Å². The average Bonchev–Trinajstić information content (AvgIpc) is 2.19. The maximum atomic E-state index is 10.3. The summed E-state index contributed by atoms with van der Waals surface area (Å²) < 4.78 is 1.18. The Morgan fingerprint density at radius 1 is 1.27 bits per heavy atom. The van der Waals surface area contributed by atoms with Crippen LogP contribution >= 0.6 is 22.6 Å². The van der Waals surface area contributed by atoms with Crippen LogP contribution in [0.3, 0.4) is 0 Å². The average molecular weight is 314 g/mol. The van der Waals surface area contributed by atoms with E-state index < -0.39 is 5.97 Å². The zero-order valence-corrected chi connectivity index (χ0v) is 10.4. The van der Waals surface area contributed by atoms with Crippen LogP contribution in [0.4, 0.5) is 0 Å². The van der Waals surface area contributed by atoms with Crippen LogP contribution in [0.25, 0.3) is 6.08 Å². The summed E-state index contributed by atoms with van der Waals surface area (Å²) in [5.41, 5.74) is 1.99. The minimum Gasteiger partial charge on any atom is -0.478 e. The molecule has 0 aliphatic rings. The third kappa shape index (κ3) is 4.78. The Morgan fingerprint density at radius 2 is 1.87 bits per heavy atom. The normalized spacial score (nSPS) is 12.0. The third-order valence-electron chi connectivity index (χ3n) is 1.75. The number of carboxylic acid groups (broad SMARTS) is 1. The molecule has 0 aliphatic heterocycles. The highest BCUT2D eigenvalue weighted by Gasteiger charge is 1.90. The second-order valence-corrected chi connectivity index (χ2v) is 4.36. The van der Waals surface area contributed by atoms with Gasteiger partial charge >= 0.3 is 5.97 Å². The second-order valence-electron chi connectivity index (χ2n) is 3.11. The van der Waals surface area contributed by atoms with Crippen LogP contribution in [0.2, 0.25) is 0 Å². The Balaban J connectivity index is 2.78. The lowest BCUT2D eigenvalue weighted by Crippen LogP contribution is -1.85. The molecule has 0 aliphatic carbocycles.